The zero-order valence-corrected chi connectivity index (χ0v) is 9.31. The summed E-state index contributed by atoms with van der Waals surface area (Å²) in [5.41, 5.74) is 6.43. The van der Waals surface area contributed by atoms with Crippen LogP contribution in [-0.4, -0.2) is 28.3 Å². The molecule has 2 rings (SSSR count). The summed E-state index contributed by atoms with van der Waals surface area (Å²) in [7, 11) is 0. The van der Waals surface area contributed by atoms with Crippen LogP contribution in [0.3, 0.4) is 0 Å². The summed E-state index contributed by atoms with van der Waals surface area (Å²) in [6, 6.07) is 3.78. The largest absolute Gasteiger partial charge is 0.507 e. The normalized spacial score (nSPS) is 19.3. The molecule has 17 heavy (non-hydrogen) atoms. The molecule has 0 amide bonds. The van der Waals surface area contributed by atoms with Crippen LogP contribution in [0, 0.1) is 17.1 Å². The number of benzene rings is 1. The SMILES string of the molecule is C[C@H]1CN(C(=N)N)N=C1c1ccc(F)cc1O. The minimum Gasteiger partial charge on any atom is -0.507 e. The van der Waals surface area contributed by atoms with Crippen molar-refractivity contribution in [1.29, 1.82) is 5.41 Å². The predicted molar refractivity (Wildman–Crippen MR) is 62.4 cm³/mol. The van der Waals surface area contributed by atoms with Gasteiger partial charge in [-0.15, -0.1) is 0 Å². The Bertz CT molecular complexity index is 500. The predicted octanol–water partition coefficient (Wildman–Crippen LogP) is 1.08. The molecule has 5 nitrogen and oxygen atoms in total. The second kappa shape index (κ2) is 4.04. The lowest BCUT2D eigenvalue weighted by molar-refractivity contribution is 0.448. The van der Waals surface area contributed by atoms with E-state index in [1.807, 2.05) is 6.92 Å². The summed E-state index contributed by atoms with van der Waals surface area (Å²) in [5.74, 6) is -0.773. The van der Waals surface area contributed by atoms with Gasteiger partial charge in [-0.05, 0) is 12.1 Å². The van der Waals surface area contributed by atoms with Crippen molar-refractivity contribution in [2.45, 2.75) is 6.92 Å². The molecule has 0 fully saturated rings. The maximum atomic E-state index is 12.9. The molecule has 1 aromatic carbocycles. The number of hydrogen-bond donors (Lipinski definition) is 3. The van der Waals surface area contributed by atoms with Gasteiger partial charge >= 0.3 is 0 Å². The van der Waals surface area contributed by atoms with E-state index in [9.17, 15) is 9.50 Å². The average molecular weight is 236 g/mol. The van der Waals surface area contributed by atoms with E-state index >= 15 is 0 Å². The lowest BCUT2D eigenvalue weighted by Crippen LogP contribution is -2.31. The molecule has 0 unspecified atom stereocenters. The number of guanidine groups is 1. The Morgan fingerprint density at radius 1 is 1.65 bits per heavy atom. The third-order valence-electron chi connectivity index (χ3n) is 2.66. The first kappa shape index (κ1) is 11.4. The third-order valence-corrected chi connectivity index (χ3v) is 2.66. The van der Waals surface area contributed by atoms with Gasteiger partial charge in [0.05, 0.1) is 12.3 Å². The standard InChI is InChI=1S/C11H13FN4O/c1-6-5-16(11(13)14)15-10(6)8-3-2-7(12)4-9(8)17/h2-4,6,17H,5H2,1H3,(H3,13,14)/t6-/m0/s1. The summed E-state index contributed by atoms with van der Waals surface area (Å²) in [4.78, 5) is 0. The maximum Gasteiger partial charge on any atom is 0.209 e. The monoisotopic (exact) mass is 236 g/mol. The lowest BCUT2D eigenvalue weighted by Gasteiger charge is -2.10. The van der Waals surface area contributed by atoms with Crippen molar-refractivity contribution in [2.75, 3.05) is 6.54 Å². The highest BCUT2D eigenvalue weighted by molar-refractivity contribution is 6.06. The lowest BCUT2D eigenvalue weighted by atomic mass is 9.98. The fourth-order valence-corrected chi connectivity index (χ4v) is 1.81. The van der Waals surface area contributed by atoms with Gasteiger partial charge in [-0.1, -0.05) is 6.92 Å². The van der Waals surface area contributed by atoms with Crippen LogP contribution in [0.2, 0.25) is 0 Å². The Morgan fingerprint density at radius 2 is 2.35 bits per heavy atom. The van der Waals surface area contributed by atoms with Gasteiger partial charge in [0.25, 0.3) is 0 Å². The van der Waals surface area contributed by atoms with E-state index < -0.39 is 5.82 Å². The van der Waals surface area contributed by atoms with Crippen molar-refractivity contribution in [3.8, 4) is 5.75 Å². The topological polar surface area (TPSA) is 85.7 Å². The fourth-order valence-electron chi connectivity index (χ4n) is 1.81. The number of nitrogens with one attached hydrogen (secondary N) is 1. The van der Waals surface area contributed by atoms with Gasteiger partial charge in [-0.2, -0.15) is 5.10 Å². The second-order valence-corrected chi connectivity index (χ2v) is 4.02. The van der Waals surface area contributed by atoms with Crippen molar-refractivity contribution in [3.63, 3.8) is 0 Å². The number of rotatable bonds is 1. The first-order chi connectivity index (χ1) is 7.99. The number of halogens is 1. The third kappa shape index (κ3) is 2.06. The molecule has 1 atom stereocenters. The highest BCUT2D eigenvalue weighted by Gasteiger charge is 2.27. The molecular formula is C11H13FN4O. The van der Waals surface area contributed by atoms with Crippen molar-refractivity contribution in [2.24, 2.45) is 16.8 Å². The highest BCUT2D eigenvalue weighted by Crippen LogP contribution is 2.26. The molecule has 0 spiro atoms. The smallest absolute Gasteiger partial charge is 0.209 e. The molecule has 0 saturated heterocycles. The fraction of sp³-hybridized carbons (Fsp3) is 0.273. The first-order valence-corrected chi connectivity index (χ1v) is 5.18. The van der Waals surface area contributed by atoms with Crippen molar-refractivity contribution >= 4 is 11.7 Å². The number of phenolic OH excluding ortho intramolecular Hbond substituents is 1. The molecule has 0 bridgehead atoms. The van der Waals surface area contributed by atoms with E-state index in [-0.39, 0.29) is 17.6 Å². The Labute approximate surface area is 97.9 Å². The van der Waals surface area contributed by atoms with Crippen LogP contribution in [-0.2, 0) is 0 Å². The first-order valence-electron chi connectivity index (χ1n) is 5.18. The minimum atomic E-state index is -0.499. The number of hydrazone groups is 1. The van der Waals surface area contributed by atoms with Gasteiger partial charge in [0.15, 0.2) is 0 Å². The number of hydrogen-bond acceptors (Lipinski definition) is 3. The van der Waals surface area contributed by atoms with Crippen LogP contribution in [0.15, 0.2) is 23.3 Å². The van der Waals surface area contributed by atoms with Crippen LogP contribution in [0.25, 0.3) is 0 Å². The summed E-state index contributed by atoms with van der Waals surface area (Å²) >= 11 is 0. The quantitative estimate of drug-likeness (QED) is 0.503. The van der Waals surface area contributed by atoms with E-state index in [1.165, 1.54) is 17.1 Å². The zero-order valence-electron chi connectivity index (χ0n) is 9.31. The molecule has 0 aliphatic carbocycles. The molecule has 1 aromatic rings. The van der Waals surface area contributed by atoms with Gasteiger partial charge in [0, 0.05) is 17.5 Å². The molecule has 1 heterocycles. The molecule has 0 aromatic heterocycles. The van der Waals surface area contributed by atoms with Gasteiger partial charge < -0.3 is 10.8 Å². The van der Waals surface area contributed by atoms with Gasteiger partial charge in [0.1, 0.15) is 11.6 Å². The van der Waals surface area contributed by atoms with E-state index in [0.29, 0.717) is 17.8 Å². The Kier molecular flexibility index (Phi) is 2.71. The molecular weight excluding hydrogens is 223 g/mol. The molecule has 1 aliphatic rings. The average Bonchev–Trinajstić information content (AvgIpc) is 2.61. The van der Waals surface area contributed by atoms with Crippen LogP contribution in [0.4, 0.5) is 4.39 Å². The number of phenols is 1. The van der Waals surface area contributed by atoms with E-state index in [4.69, 9.17) is 11.1 Å². The Hall–Kier alpha value is -2.11. The van der Waals surface area contributed by atoms with Crippen molar-refractivity contribution in [1.82, 2.24) is 5.01 Å². The van der Waals surface area contributed by atoms with Gasteiger partial charge in [0.2, 0.25) is 5.96 Å². The molecule has 4 N–H and O–H groups in total. The summed E-state index contributed by atoms with van der Waals surface area (Å²) in [6.45, 7) is 2.39. The van der Waals surface area contributed by atoms with Crippen LogP contribution in [0.5, 0.6) is 5.75 Å². The number of aromatic hydroxyl groups is 1. The van der Waals surface area contributed by atoms with Crippen LogP contribution in [0.1, 0.15) is 12.5 Å². The van der Waals surface area contributed by atoms with E-state index in [0.717, 1.165) is 6.07 Å². The summed E-state index contributed by atoms with van der Waals surface area (Å²) < 4.78 is 12.9. The van der Waals surface area contributed by atoms with Gasteiger partial charge in [-0.3, -0.25) is 5.41 Å². The summed E-state index contributed by atoms with van der Waals surface area (Å²) in [6.07, 6.45) is 0. The molecule has 1 aliphatic heterocycles. The molecule has 90 valence electrons. The van der Waals surface area contributed by atoms with Crippen LogP contribution < -0.4 is 5.73 Å². The van der Waals surface area contributed by atoms with Crippen LogP contribution >= 0.6 is 0 Å². The van der Waals surface area contributed by atoms with E-state index in [2.05, 4.69) is 5.10 Å². The molecule has 0 saturated carbocycles. The molecule has 6 heteroatoms. The van der Waals surface area contributed by atoms with Crippen molar-refractivity contribution in [3.05, 3.63) is 29.6 Å². The van der Waals surface area contributed by atoms with Crippen molar-refractivity contribution < 1.29 is 9.50 Å². The number of nitrogens with two attached hydrogens (primary N) is 1. The van der Waals surface area contributed by atoms with E-state index in [1.54, 1.807) is 0 Å². The maximum absolute atomic E-state index is 12.9. The zero-order chi connectivity index (χ0) is 12.6. The minimum absolute atomic E-state index is 0.0234. The summed E-state index contributed by atoms with van der Waals surface area (Å²) in [5, 5.41) is 22.5. The van der Waals surface area contributed by atoms with Gasteiger partial charge in [-0.25, -0.2) is 9.40 Å². The molecule has 0 radical (unpaired) electrons. The highest BCUT2D eigenvalue weighted by atomic mass is 19.1. The Balaban J connectivity index is 2.39. The number of nitrogens with zero attached hydrogens (tertiary/aromatic N) is 2. The second-order valence-electron chi connectivity index (χ2n) is 4.02. The Morgan fingerprint density at radius 3 is 2.88 bits per heavy atom.